The molecule has 0 saturated carbocycles. The maximum atomic E-state index is 12.1. The minimum Gasteiger partial charge on any atom is -0.493 e. The second-order valence-electron chi connectivity index (χ2n) is 5.17. The number of carbonyl (C=O) groups excluding carboxylic acids is 1. The van der Waals surface area contributed by atoms with E-state index in [4.69, 9.17) is 4.74 Å². The molecule has 5 heteroatoms. The van der Waals surface area contributed by atoms with Gasteiger partial charge in [0.1, 0.15) is 5.75 Å². The van der Waals surface area contributed by atoms with Crippen molar-refractivity contribution in [2.45, 2.75) is 12.5 Å². The first kappa shape index (κ1) is 15.3. The summed E-state index contributed by atoms with van der Waals surface area (Å²) in [6.07, 6.45) is 0.140. The van der Waals surface area contributed by atoms with Crippen LogP contribution in [0.15, 0.2) is 42.5 Å². The van der Waals surface area contributed by atoms with Gasteiger partial charge in [0.15, 0.2) is 0 Å². The first-order chi connectivity index (χ1) is 10.6. The number of amides is 1. The number of fused-ring (bicyclic) bond motifs is 1. The Morgan fingerprint density at radius 3 is 2.95 bits per heavy atom. The normalized spacial score (nSPS) is 14.1. The predicted molar refractivity (Wildman–Crippen MR) is 92.1 cm³/mol. The monoisotopic (exact) mass is 409 g/mol. The summed E-state index contributed by atoms with van der Waals surface area (Å²) in [5, 5.41) is 13.0. The van der Waals surface area contributed by atoms with Gasteiger partial charge in [-0.3, -0.25) is 4.79 Å². The van der Waals surface area contributed by atoms with Gasteiger partial charge in [0.25, 0.3) is 5.91 Å². The van der Waals surface area contributed by atoms with Crippen molar-refractivity contribution in [3.63, 3.8) is 0 Å². The van der Waals surface area contributed by atoms with Crippen LogP contribution in [0.4, 0.5) is 0 Å². The number of aliphatic hydroxyl groups excluding tert-OH is 1. The quantitative estimate of drug-likeness (QED) is 0.764. The Morgan fingerprint density at radius 1 is 1.32 bits per heavy atom. The molecule has 0 spiro atoms. The molecule has 0 fully saturated rings. The Balaban J connectivity index is 1.64. The van der Waals surface area contributed by atoms with Crippen molar-refractivity contribution in [3.05, 3.63) is 62.7 Å². The number of ether oxygens (including phenoxy) is 1. The molecule has 2 aromatic rings. The smallest absolute Gasteiger partial charge is 0.252 e. The first-order valence-electron chi connectivity index (χ1n) is 7.11. The molecular weight excluding hydrogens is 393 g/mol. The van der Waals surface area contributed by atoms with E-state index in [9.17, 15) is 9.90 Å². The van der Waals surface area contributed by atoms with Crippen molar-refractivity contribution in [1.82, 2.24) is 5.32 Å². The van der Waals surface area contributed by atoms with Gasteiger partial charge in [-0.1, -0.05) is 18.2 Å². The van der Waals surface area contributed by atoms with Crippen molar-refractivity contribution < 1.29 is 14.6 Å². The Labute approximate surface area is 142 Å². The molecule has 1 unspecified atom stereocenters. The van der Waals surface area contributed by atoms with Gasteiger partial charge < -0.3 is 15.2 Å². The van der Waals surface area contributed by atoms with Crippen LogP contribution >= 0.6 is 22.6 Å². The van der Waals surface area contributed by atoms with E-state index in [1.165, 1.54) is 0 Å². The number of halogens is 1. The van der Waals surface area contributed by atoms with Crippen molar-refractivity contribution in [2.75, 3.05) is 13.2 Å². The van der Waals surface area contributed by atoms with Crippen molar-refractivity contribution in [2.24, 2.45) is 0 Å². The maximum absolute atomic E-state index is 12.1. The van der Waals surface area contributed by atoms with Crippen molar-refractivity contribution >= 4 is 28.5 Å². The van der Waals surface area contributed by atoms with E-state index in [1.807, 2.05) is 36.4 Å². The Kier molecular flexibility index (Phi) is 4.63. The van der Waals surface area contributed by atoms with Crippen molar-refractivity contribution in [3.8, 4) is 5.75 Å². The minimum absolute atomic E-state index is 0.173. The average Bonchev–Trinajstić information content (AvgIpc) is 3.00. The van der Waals surface area contributed by atoms with E-state index in [1.54, 1.807) is 6.07 Å². The number of rotatable bonds is 4. The fourth-order valence-corrected chi connectivity index (χ4v) is 3.09. The zero-order chi connectivity index (χ0) is 15.5. The van der Waals surface area contributed by atoms with Crippen LogP contribution in [0.1, 0.15) is 27.6 Å². The number of carbonyl (C=O) groups is 1. The van der Waals surface area contributed by atoms with Gasteiger partial charge in [-0.05, 0) is 58.0 Å². The zero-order valence-electron chi connectivity index (χ0n) is 11.9. The highest BCUT2D eigenvalue weighted by molar-refractivity contribution is 14.1. The van der Waals surface area contributed by atoms with Crippen molar-refractivity contribution in [1.29, 1.82) is 0 Å². The van der Waals surface area contributed by atoms with Crippen LogP contribution in [0.5, 0.6) is 5.75 Å². The fourth-order valence-electron chi connectivity index (χ4n) is 2.46. The lowest BCUT2D eigenvalue weighted by atomic mass is 10.0. The molecule has 1 atom stereocenters. The summed E-state index contributed by atoms with van der Waals surface area (Å²) in [5.74, 6) is 0.715. The molecule has 114 valence electrons. The Bertz CT molecular complexity index is 702. The summed E-state index contributed by atoms with van der Waals surface area (Å²) < 4.78 is 6.34. The first-order valence-corrected chi connectivity index (χ1v) is 8.19. The standard InChI is InChI=1S/C17H16INO3/c18-14-4-2-1-3-13(14)17(21)19-10-15(20)11-5-6-16-12(9-11)7-8-22-16/h1-6,9,15,20H,7-8,10H2,(H,19,21). The summed E-state index contributed by atoms with van der Waals surface area (Å²) in [6.45, 7) is 0.877. The van der Waals surface area contributed by atoms with Crippen LogP contribution < -0.4 is 10.1 Å². The summed E-state index contributed by atoms with van der Waals surface area (Å²) >= 11 is 2.13. The molecule has 1 heterocycles. The third kappa shape index (κ3) is 3.25. The van der Waals surface area contributed by atoms with Gasteiger partial charge in [0, 0.05) is 16.5 Å². The van der Waals surface area contributed by atoms with Crippen LogP contribution in [0, 0.1) is 3.57 Å². The SMILES string of the molecule is O=C(NCC(O)c1ccc2c(c1)CCO2)c1ccccc1I. The summed E-state index contributed by atoms with van der Waals surface area (Å²) in [5.41, 5.74) is 2.53. The van der Waals surface area contributed by atoms with Gasteiger partial charge >= 0.3 is 0 Å². The van der Waals surface area contributed by atoms with E-state index in [0.29, 0.717) is 12.2 Å². The summed E-state index contributed by atoms with van der Waals surface area (Å²) in [4.78, 5) is 12.1. The Hall–Kier alpha value is -1.60. The molecule has 2 N–H and O–H groups in total. The second kappa shape index (κ2) is 6.66. The van der Waals surface area contributed by atoms with Gasteiger partial charge in [0.2, 0.25) is 0 Å². The number of hydrogen-bond acceptors (Lipinski definition) is 3. The van der Waals surface area contributed by atoms with Crippen LogP contribution in [0.25, 0.3) is 0 Å². The summed E-state index contributed by atoms with van der Waals surface area (Å²) in [7, 11) is 0. The highest BCUT2D eigenvalue weighted by Gasteiger charge is 2.16. The lowest BCUT2D eigenvalue weighted by molar-refractivity contribution is 0.0915. The number of hydrogen-bond donors (Lipinski definition) is 2. The van der Waals surface area contributed by atoms with Crippen LogP contribution in [-0.4, -0.2) is 24.2 Å². The molecule has 1 amide bonds. The van der Waals surface area contributed by atoms with Crippen LogP contribution in [0.2, 0.25) is 0 Å². The molecule has 0 aromatic heterocycles. The second-order valence-corrected chi connectivity index (χ2v) is 6.33. The lowest BCUT2D eigenvalue weighted by Crippen LogP contribution is -2.29. The molecule has 0 bridgehead atoms. The lowest BCUT2D eigenvalue weighted by Gasteiger charge is -2.14. The predicted octanol–water partition coefficient (Wildman–Crippen LogP) is 2.69. The highest BCUT2D eigenvalue weighted by atomic mass is 127. The third-order valence-corrected chi connectivity index (χ3v) is 4.61. The van der Waals surface area contributed by atoms with E-state index in [2.05, 4.69) is 27.9 Å². The Morgan fingerprint density at radius 2 is 2.14 bits per heavy atom. The highest BCUT2D eigenvalue weighted by Crippen LogP contribution is 2.28. The molecule has 22 heavy (non-hydrogen) atoms. The fraction of sp³-hybridized carbons (Fsp3) is 0.235. The van der Waals surface area contributed by atoms with E-state index in [-0.39, 0.29) is 12.5 Å². The molecule has 3 rings (SSSR count). The molecule has 0 aliphatic carbocycles. The minimum atomic E-state index is -0.726. The van der Waals surface area contributed by atoms with Gasteiger partial charge in [0.05, 0.1) is 18.3 Å². The van der Waals surface area contributed by atoms with Crippen LogP contribution in [0.3, 0.4) is 0 Å². The van der Waals surface area contributed by atoms with Gasteiger partial charge in [-0.15, -0.1) is 0 Å². The van der Waals surface area contributed by atoms with Crippen LogP contribution in [-0.2, 0) is 6.42 Å². The molecule has 0 saturated heterocycles. The molecule has 0 radical (unpaired) electrons. The summed E-state index contributed by atoms with van der Waals surface area (Å²) in [6, 6.07) is 13.0. The van der Waals surface area contributed by atoms with Gasteiger partial charge in [-0.25, -0.2) is 0 Å². The van der Waals surface area contributed by atoms with Gasteiger partial charge in [-0.2, -0.15) is 0 Å². The average molecular weight is 409 g/mol. The van der Waals surface area contributed by atoms with E-state index >= 15 is 0 Å². The molecular formula is C17H16INO3. The third-order valence-electron chi connectivity index (χ3n) is 3.67. The zero-order valence-corrected chi connectivity index (χ0v) is 14.0. The molecule has 1 aliphatic rings. The number of nitrogens with one attached hydrogen (secondary N) is 1. The van der Waals surface area contributed by atoms with E-state index in [0.717, 1.165) is 26.9 Å². The molecule has 2 aromatic carbocycles. The number of aliphatic hydroxyl groups is 1. The molecule has 1 aliphatic heterocycles. The maximum Gasteiger partial charge on any atom is 0.252 e. The number of benzene rings is 2. The van der Waals surface area contributed by atoms with E-state index < -0.39 is 6.10 Å². The largest absolute Gasteiger partial charge is 0.493 e. The molecule has 4 nitrogen and oxygen atoms in total. The topological polar surface area (TPSA) is 58.6 Å².